The van der Waals surface area contributed by atoms with Gasteiger partial charge in [-0.1, -0.05) is 6.07 Å². The average Bonchev–Trinajstić information content (AvgIpc) is 3.29. The van der Waals surface area contributed by atoms with Crippen LogP contribution in [0.15, 0.2) is 30.6 Å². The maximum absolute atomic E-state index is 12.8. The molecule has 1 aliphatic heterocycles. The molecular formula is C18H22N4O. The second-order valence-corrected chi connectivity index (χ2v) is 6.83. The van der Waals surface area contributed by atoms with Gasteiger partial charge in [0.25, 0.3) is 0 Å². The van der Waals surface area contributed by atoms with Crippen molar-refractivity contribution in [1.29, 1.82) is 0 Å². The number of amides is 1. The number of likely N-dealkylation sites (tertiary alicyclic amines) is 1. The lowest BCUT2D eigenvalue weighted by Gasteiger charge is -2.32. The Morgan fingerprint density at radius 1 is 1.43 bits per heavy atom. The minimum Gasteiger partial charge on any atom is -0.342 e. The molecular weight excluding hydrogens is 288 g/mol. The van der Waals surface area contributed by atoms with Crippen LogP contribution in [0.5, 0.6) is 0 Å². The van der Waals surface area contributed by atoms with E-state index in [0.717, 1.165) is 43.7 Å². The smallest absolute Gasteiger partial charge is 0.226 e. The number of hydrogen-bond donors (Lipinski definition) is 1. The van der Waals surface area contributed by atoms with E-state index >= 15 is 0 Å². The number of hydrogen-bond acceptors (Lipinski definition) is 3. The van der Waals surface area contributed by atoms with E-state index in [2.05, 4.69) is 32.2 Å². The number of piperidine rings is 1. The number of aromatic nitrogens is 3. The first-order valence-electron chi connectivity index (χ1n) is 8.43. The molecule has 1 saturated carbocycles. The van der Waals surface area contributed by atoms with Gasteiger partial charge in [-0.3, -0.25) is 14.9 Å². The normalized spacial score (nSPS) is 27.0. The fourth-order valence-corrected chi connectivity index (χ4v) is 3.73. The number of carbonyl (C=O) groups is 1. The summed E-state index contributed by atoms with van der Waals surface area (Å²) < 4.78 is 0. The molecule has 1 N–H and O–H groups in total. The second-order valence-electron chi connectivity index (χ2n) is 6.83. The highest BCUT2D eigenvalue weighted by Gasteiger charge is 2.46. The lowest BCUT2D eigenvalue weighted by molar-refractivity contribution is -0.133. The molecule has 2 fully saturated rings. The number of aryl methyl sites for hydroxylation is 1. The third-order valence-electron chi connectivity index (χ3n) is 5.10. The molecule has 3 heterocycles. The van der Waals surface area contributed by atoms with Crippen LogP contribution in [0.25, 0.3) is 0 Å². The van der Waals surface area contributed by atoms with E-state index in [0.29, 0.717) is 17.7 Å². The Morgan fingerprint density at radius 2 is 2.35 bits per heavy atom. The molecule has 1 amide bonds. The Balaban J connectivity index is 1.41. The van der Waals surface area contributed by atoms with Crippen LogP contribution in [0.3, 0.4) is 0 Å². The van der Waals surface area contributed by atoms with Crippen LogP contribution in [-0.2, 0) is 4.79 Å². The van der Waals surface area contributed by atoms with E-state index < -0.39 is 0 Å². The predicted molar refractivity (Wildman–Crippen MR) is 87.0 cm³/mol. The molecule has 23 heavy (non-hydrogen) atoms. The third-order valence-corrected chi connectivity index (χ3v) is 5.10. The van der Waals surface area contributed by atoms with E-state index in [-0.39, 0.29) is 5.92 Å². The van der Waals surface area contributed by atoms with Crippen LogP contribution in [0.4, 0.5) is 0 Å². The molecule has 2 aromatic rings. The molecule has 0 unspecified atom stereocenters. The molecule has 5 nitrogen and oxygen atoms in total. The van der Waals surface area contributed by atoms with Crippen molar-refractivity contribution in [3.63, 3.8) is 0 Å². The van der Waals surface area contributed by atoms with E-state index in [4.69, 9.17) is 0 Å². The van der Waals surface area contributed by atoms with E-state index in [1.165, 1.54) is 5.56 Å². The number of H-pyrrole nitrogens is 1. The van der Waals surface area contributed by atoms with Gasteiger partial charge in [-0.15, -0.1) is 0 Å². The van der Waals surface area contributed by atoms with Crippen LogP contribution < -0.4 is 0 Å². The first-order valence-corrected chi connectivity index (χ1v) is 8.43. The van der Waals surface area contributed by atoms with Gasteiger partial charge >= 0.3 is 0 Å². The zero-order valence-electron chi connectivity index (χ0n) is 13.4. The Morgan fingerprint density at radius 3 is 3.09 bits per heavy atom. The first-order chi connectivity index (χ1) is 11.2. The molecule has 5 heteroatoms. The topological polar surface area (TPSA) is 61.9 Å². The molecule has 0 radical (unpaired) electrons. The van der Waals surface area contributed by atoms with Gasteiger partial charge in [0.15, 0.2) is 0 Å². The van der Waals surface area contributed by atoms with Gasteiger partial charge in [0, 0.05) is 43.0 Å². The Bertz CT molecular complexity index is 696. The fourth-order valence-electron chi connectivity index (χ4n) is 3.73. The zero-order chi connectivity index (χ0) is 15.8. The van der Waals surface area contributed by atoms with Crippen molar-refractivity contribution >= 4 is 5.91 Å². The lowest BCUT2D eigenvalue weighted by atomic mass is 9.94. The molecule has 2 aromatic heterocycles. The molecule has 0 bridgehead atoms. The molecule has 0 aromatic carbocycles. The minimum atomic E-state index is 0.152. The van der Waals surface area contributed by atoms with Crippen molar-refractivity contribution in [1.82, 2.24) is 20.1 Å². The molecule has 1 aliphatic carbocycles. The van der Waals surface area contributed by atoms with Gasteiger partial charge in [0.2, 0.25) is 5.91 Å². The van der Waals surface area contributed by atoms with Crippen LogP contribution in [0.1, 0.15) is 48.0 Å². The van der Waals surface area contributed by atoms with Crippen molar-refractivity contribution in [3.8, 4) is 0 Å². The summed E-state index contributed by atoms with van der Waals surface area (Å²) in [7, 11) is 0. The van der Waals surface area contributed by atoms with Crippen molar-refractivity contribution < 1.29 is 4.79 Å². The van der Waals surface area contributed by atoms with E-state index in [1.54, 1.807) is 6.20 Å². The molecule has 3 atom stereocenters. The number of aromatic amines is 1. The SMILES string of the molecule is Cc1cc([C@@H]2CCCN(C(=O)[C@H]3C[C@@H]3c3cccnc3)C2)n[nH]1. The summed E-state index contributed by atoms with van der Waals surface area (Å²) in [6, 6.07) is 6.14. The highest BCUT2D eigenvalue weighted by atomic mass is 16.2. The van der Waals surface area contributed by atoms with Gasteiger partial charge in [-0.05, 0) is 49.8 Å². The summed E-state index contributed by atoms with van der Waals surface area (Å²) in [5, 5.41) is 7.40. The maximum Gasteiger partial charge on any atom is 0.226 e. The van der Waals surface area contributed by atoms with E-state index in [9.17, 15) is 4.79 Å². The minimum absolute atomic E-state index is 0.152. The van der Waals surface area contributed by atoms with Crippen LogP contribution in [0.2, 0.25) is 0 Å². The van der Waals surface area contributed by atoms with Crippen molar-refractivity contribution in [3.05, 3.63) is 47.5 Å². The van der Waals surface area contributed by atoms with Gasteiger partial charge in [-0.25, -0.2) is 0 Å². The molecule has 0 spiro atoms. The third kappa shape index (κ3) is 2.87. The van der Waals surface area contributed by atoms with Gasteiger partial charge in [0.05, 0.1) is 5.69 Å². The number of pyridine rings is 1. The van der Waals surface area contributed by atoms with Gasteiger partial charge in [0.1, 0.15) is 0 Å². The fraction of sp³-hybridized carbons (Fsp3) is 0.500. The van der Waals surface area contributed by atoms with Crippen LogP contribution in [0, 0.1) is 12.8 Å². The summed E-state index contributed by atoms with van der Waals surface area (Å²) in [4.78, 5) is 19.0. The molecule has 120 valence electrons. The molecule has 1 saturated heterocycles. The second kappa shape index (κ2) is 5.80. The quantitative estimate of drug-likeness (QED) is 0.948. The van der Waals surface area contributed by atoms with E-state index in [1.807, 2.05) is 19.2 Å². The number of rotatable bonds is 3. The average molecular weight is 310 g/mol. The van der Waals surface area contributed by atoms with Crippen LogP contribution in [-0.4, -0.2) is 39.1 Å². The summed E-state index contributed by atoms with van der Waals surface area (Å²) >= 11 is 0. The maximum atomic E-state index is 12.8. The summed E-state index contributed by atoms with van der Waals surface area (Å²) in [6.07, 6.45) is 6.82. The highest BCUT2D eigenvalue weighted by molar-refractivity contribution is 5.83. The summed E-state index contributed by atoms with van der Waals surface area (Å²) in [6.45, 7) is 3.71. The van der Waals surface area contributed by atoms with Crippen LogP contribution >= 0.6 is 0 Å². The number of carbonyl (C=O) groups excluding carboxylic acids is 1. The van der Waals surface area contributed by atoms with Crippen molar-refractivity contribution in [2.24, 2.45) is 5.92 Å². The first kappa shape index (κ1) is 14.4. The molecule has 2 aliphatic rings. The van der Waals surface area contributed by atoms with Gasteiger partial charge in [-0.2, -0.15) is 5.10 Å². The number of nitrogens with one attached hydrogen (secondary N) is 1. The van der Waals surface area contributed by atoms with Crippen molar-refractivity contribution in [2.75, 3.05) is 13.1 Å². The largest absolute Gasteiger partial charge is 0.342 e. The standard InChI is InChI=1S/C18H22N4O/c1-12-8-17(21-20-12)14-5-3-7-22(11-14)18(23)16-9-15(16)13-4-2-6-19-10-13/h2,4,6,8,10,14-16H,3,5,7,9,11H2,1H3,(H,20,21)/t14-,15-,16+/m1/s1. The van der Waals surface area contributed by atoms with Gasteiger partial charge < -0.3 is 4.90 Å². The summed E-state index contributed by atoms with van der Waals surface area (Å²) in [5.41, 5.74) is 3.38. The Hall–Kier alpha value is -2.17. The monoisotopic (exact) mass is 310 g/mol. The Kier molecular flexibility index (Phi) is 3.63. The van der Waals surface area contributed by atoms with Crippen molar-refractivity contribution in [2.45, 2.75) is 38.0 Å². The lowest BCUT2D eigenvalue weighted by Crippen LogP contribution is -2.40. The Labute approximate surface area is 136 Å². The predicted octanol–water partition coefficient (Wildman–Crippen LogP) is 2.62. The highest BCUT2D eigenvalue weighted by Crippen LogP contribution is 2.48. The summed E-state index contributed by atoms with van der Waals surface area (Å²) in [5.74, 6) is 1.20. The molecule has 4 rings (SSSR count). The number of nitrogens with zero attached hydrogens (tertiary/aromatic N) is 3. The zero-order valence-corrected chi connectivity index (χ0v) is 13.4.